The molecule has 0 aromatic heterocycles. The van der Waals surface area contributed by atoms with Crippen molar-refractivity contribution in [3.8, 4) is 0 Å². The van der Waals surface area contributed by atoms with Crippen LogP contribution < -0.4 is 5.32 Å². The second kappa shape index (κ2) is 5.10. The number of rotatable bonds is 5. The lowest BCUT2D eigenvalue weighted by Crippen LogP contribution is -2.33. The van der Waals surface area contributed by atoms with Gasteiger partial charge in [0.25, 0.3) is 0 Å². The predicted octanol–water partition coefficient (Wildman–Crippen LogP) is 0.997. The Hall–Kier alpha value is -0.380. The van der Waals surface area contributed by atoms with Crippen molar-refractivity contribution in [3.63, 3.8) is 0 Å². The van der Waals surface area contributed by atoms with Crippen LogP contribution in [0, 0.1) is 0 Å². The molecule has 1 unspecified atom stereocenters. The first-order valence-electron chi connectivity index (χ1n) is 5.74. The van der Waals surface area contributed by atoms with Crippen molar-refractivity contribution in [1.82, 2.24) is 10.2 Å². The van der Waals surface area contributed by atoms with Crippen molar-refractivity contribution < 1.29 is 5.11 Å². The highest BCUT2D eigenvalue weighted by molar-refractivity contribution is 5.02. The number of aliphatic hydroxyl groups is 1. The minimum absolute atomic E-state index is 0.494. The number of likely N-dealkylation sites (tertiary alicyclic amines) is 1. The van der Waals surface area contributed by atoms with Crippen LogP contribution in [0.2, 0.25) is 0 Å². The molecule has 2 N–H and O–H groups in total. The summed E-state index contributed by atoms with van der Waals surface area (Å²) in [6, 6.07) is 0.503. The van der Waals surface area contributed by atoms with Crippen LogP contribution in [-0.2, 0) is 0 Å². The van der Waals surface area contributed by atoms with E-state index in [4.69, 9.17) is 0 Å². The number of nitrogens with one attached hydrogen (secondary N) is 1. The van der Waals surface area contributed by atoms with Crippen LogP contribution in [0.1, 0.15) is 27.2 Å². The van der Waals surface area contributed by atoms with E-state index in [1.54, 1.807) is 0 Å². The number of β-amino-alcohol motifs (C(OH)–C–C–N with tert-alkyl or cyclic N) is 1. The van der Waals surface area contributed by atoms with E-state index in [1.807, 2.05) is 6.92 Å². The third kappa shape index (κ3) is 4.78. The molecule has 1 aliphatic rings. The van der Waals surface area contributed by atoms with E-state index in [2.05, 4.69) is 30.6 Å². The Kier molecular flexibility index (Phi) is 4.32. The summed E-state index contributed by atoms with van der Waals surface area (Å²) in [4.78, 5) is 2.27. The normalized spacial score (nSPS) is 27.5. The summed E-state index contributed by atoms with van der Waals surface area (Å²) in [6.45, 7) is 13.7. The van der Waals surface area contributed by atoms with E-state index < -0.39 is 5.60 Å². The Morgan fingerprint density at radius 2 is 2.27 bits per heavy atom. The van der Waals surface area contributed by atoms with Crippen molar-refractivity contribution in [3.05, 3.63) is 12.2 Å². The van der Waals surface area contributed by atoms with Gasteiger partial charge in [-0.15, -0.1) is 0 Å². The van der Waals surface area contributed by atoms with E-state index in [-0.39, 0.29) is 0 Å². The van der Waals surface area contributed by atoms with Crippen LogP contribution in [0.15, 0.2) is 12.2 Å². The topological polar surface area (TPSA) is 35.5 Å². The van der Waals surface area contributed by atoms with E-state index in [1.165, 1.54) is 5.57 Å². The zero-order chi connectivity index (χ0) is 11.5. The molecule has 1 fully saturated rings. The molecule has 0 aromatic rings. The van der Waals surface area contributed by atoms with Gasteiger partial charge >= 0.3 is 0 Å². The maximum atomic E-state index is 9.81. The lowest BCUT2D eigenvalue weighted by atomic mass is 10.1. The summed E-state index contributed by atoms with van der Waals surface area (Å²) in [7, 11) is 0. The molecule has 0 spiro atoms. The molecule has 1 aliphatic heterocycles. The molecule has 0 aromatic carbocycles. The van der Waals surface area contributed by atoms with Crippen LogP contribution in [0.25, 0.3) is 0 Å². The van der Waals surface area contributed by atoms with Gasteiger partial charge in [0.15, 0.2) is 0 Å². The van der Waals surface area contributed by atoms with Crippen molar-refractivity contribution in [2.75, 3.05) is 26.2 Å². The summed E-state index contributed by atoms with van der Waals surface area (Å²) in [5, 5.41) is 13.2. The fourth-order valence-corrected chi connectivity index (χ4v) is 1.89. The van der Waals surface area contributed by atoms with Crippen LogP contribution >= 0.6 is 0 Å². The van der Waals surface area contributed by atoms with Crippen molar-refractivity contribution in [2.45, 2.75) is 38.8 Å². The smallest absolute Gasteiger partial charge is 0.0758 e. The summed E-state index contributed by atoms with van der Waals surface area (Å²) in [6.07, 6.45) is 0.873. The maximum Gasteiger partial charge on any atom is 0.0758 e. The molecule has 15 heavy (non-hydrogen) atoms. The predicted molar refractivity (Wildman–Crippen MR) is 64.0 cm³/mol. The molecule has 1 heterocycles. The minimum atomic E-state index is -0.494. The van der Waals surface area contributed by atoms with E-state index in [9.17, 15) is 5.11 Å². The zero-order valence-corrected chi connectivity index (χ0v) is 10.2. The third-order valence-electron chi connectivity index (χ3n) is 2.74. The van der Waals surface area contributed by atoms with Gasteiger partial charge in [-0.3, -0.25) is 4.90 Å². The Bertz CT molecular complexity index is 224. The van der Waals surface area contributed by atoms with Gasteiger partial charge in [0, 0.05) is 32.2 Å². The molecule has 0 saturated carbocycles. The van der Waals surface area contributed by atoms with E-state index in [0.717, 1.165) is 32.6 Å². The van der Waals surface area contributed by atoms with Crippen molar-refractivity contribution >= 4 is 0 Å². The summed E-state index contributed by atoms with van der Waals surface area (Å²) in [5.74, 6) is 0. The first-order chi connectivity index (χ1) is 6.89. The summed E-state index contributed by atoms with van der Waals surface area (Å²) >= 11 is 0. The first-order valence-corrected chi connectivity index (χ1v) is 5.74. The number of hydrogen-bond donors (Lipinski definition) is 2. The second-order valence-corrected chi connectivity index (χ2v) is 5.24. The Balaban J connectivity index is 2.22. The van der Waals surface area contributed by atoms with Gasteiger partial charge in [-0.1, -0.05) is 20.4 Å². The molecule has 0 aliphatic carbocycles. The van der Waals surface area contributed by atoms with Crippen molar-refractivity contribution in [2.24, 2.45) is 0 Å². The summed E-state index contributed by atoms with van der Waals surface area (Å²) < 4.78 is 0. The highest BCUT2D eigenvalue weighted by atomic mass is 16.3. The number of hydrogen-bond acceptors (Lipinski definition) is 3. The molecule has 0 amide bonds. The molecule has 1 rings (SSSR count). The van der Waals surface area contributed by atoms with Gasteiger partial charge in [0.1, 0.15) is 0 Å². The van der Waals surface area contributed by atoms with Gasteiger partial charge < -0.3 is 10.4 Å². The average Bonchev–Trinajstić information content (AvgIpc) is 2.42. The Morgan fingerprint density at radius 3 is 2.73 bits per heavy atom. The highest BCUT2D eigenvalue weighted by Crippen LogP contribution is 2.20. The fourth-order valence-electron chi connectivity index (χ4n) is 1.89. The molecular weight excluding hydrogens is 188 g/mol. The number of nitrogens with zero attached hydrogens (tertiary/aromatic N) is 1. The highest BCUT2D eigenvalue weighted by Gasteiger charge is 2.30. The van der Waals surface area contributed by atoms with Gasteiger partial charge in [-0.2, -0.15) is 0 Å². The van der Waals surface area contributed by atoms with E-state index >= 15 is 0 Å². The SMILES string of the molecule is C=C(CNC(C)C)CN1CCC(C)(O)C1. The third-order valence-corrected chi connectivity index (χ3v) is 2.74. The van der Waals surface area contributed by atoms with Gasteiger partial charge in [0.2, 0.25) is 0 Å². The Labute approximate surface area is 93.2 Å². The first kappa shape index (κ1) is 12.7. The molecule has 1 atom stereocenters. The van der Waals surface area contributed by atoms with Gasteiger partial charge in [-0.25, -0.2) is 0 Å². The largest absolute Gasteiger partial charge is 0.389 e. The van der Waals surface area contributed by atoms with Gasteiger partial charge in [0.05, 0.1) is 5.60 Å². The van der Waals surface area contributed by atoms with Gasteiger partial charge in [-0.05, 0) is 18.9 Å². The molecule has 3 heteroatoms. The quantitative estimate of drug-likeness (QED) is 0.667. The van der Waals surface area contributed by atoms with Crippen LogP contribution in [0.4, 0.5) is 0 Å². The van der Waals surface area contributed by atoms with Crippen LogP contribution in [0.3, 0.4) is 0 Å². The summed E-state index contributed by atoms with van der Waals surface area (Å²) in [5.41, 5.74) is 0.701. The molecule has 0 bridgehead atoms. The average molecular weight is 212 g/mol. The van der Waals surface area contributed by atoms with Crippen molar-refractivity contribution in [1.29, 1.82) is 0 Å². The van der Waals surface area contributed by atoms with Crippen LogP contribution in [-0.4, -0.2) is 47.8 Å². The molecule has 3 nitrogen and oxygen atoms in total. The fraction of sp³-hybridized carbons (Fsp3) is 0.833. The zero-order valence-electron chi connectivity index (χ0n) is 10.2. The maximum absolute atomic E-state index is 9.81. The molecular formula is C12H24N2O. The molecule has 88 valence electrons. The minimum Gasteiger partial charge on any atom is -0.389 e. The molecule has 0 radical (unpaired) electrons. The second-order valence-electron chi connectivity index (χ2n) is 5.24. The molecule has 1 saturated heterocycles. The van der Waals surface area contributed by atoms with Crippen LogP contribution in [0.5, 0.6) is 0 Å². The lowest BCUT2D eigenvalue weighted by molar-refractivity contribution is 0.0699. The monoisotopic (exact) mass is 212 g/mol. The lowest BCUT2D eigenvalue weighted by Gasteiger charge is -2.20. The standard InChI is InChI=1S/C12H24N2O/c1-10(2)13-7-11(3)8-14-6-5-12(4,15)9-14/h10,13,15H,3,5-9H2,1-2,4H3. The Morgan fingerprint density at radius 1 is 1.60 bits per heavy atom. The van der Waals surface area contributed by atoms with E-state index in [0.29, 0.717) is 6.04 Å².